The molecule has 1 aromatic rings. The van der Waals surface area contributed by atoms with Gasteiger partial charge in [0.15, 0.2) is 0 Å². The van der Waals surface area contributed by atoms with E-state index in [2.05, 4.69) is 43.4 Å². The van der Waals surface area contributed by atoms with E-state index in [1.54, 1.807) is 0 Å². The quantitative estimate of drug-likeness (QED) is 0.743. The third kappa shape index (κ3) is 1.87. The molecule has 0 N–H and O–H groups in total. The van der Waals surface area contributed by atoms with Gasteiger partial charge in [-0.15, -0.1) is 0 Å². The summed E-state index contributed by atoms with van der Waals surface area (Å²) in [6, 6.07) is 0.548. The maximum atomic E-state index is 4.74. The third-order valence-corrected chi connectivity index (χ3v) is 3.04. The van der Waals surface area contributed by atoms with Crippen LogP contribution in [0.2, 0.25) is 0 Å². The lowest BCUT2D eigenvalue weighted by Crippen LogP contribution is -2.37. The largest absolute Gasteiger partial charge is 0.340 e. The molecule has 0 unspecified atom stereocenters. The summed E-state index contributed by atoms with van der Waals surface area (Å²) in [4.78, 5) is 7.14. The molecule has 1 aliphatic heterocycles. The summed E-state index contributed by atoms with van der Waals surface area (Å²) in [7, 11) is 0. The molecule has 0 fully saturated rings. The monoisotopic (exact) mass is 207 g/mol. The van der Waals surface area contributed by atoms with Crippen molar-refractivity contribution in [3.63, 3.8) is 0 Å². The van der Waals surface area contributed by atoms with E-state index >= 15 is 0 Å². The molecule has 15 heavy (non-hydrogen) atoms. The summed E-state index contributed by atoms with van der Waals surface area (Å²) < 4.78 is 2.30. The highest BCUT2D eigenvalue weighted by Crippen LogP contribution is 2.25. The Balaban J connectivity index is 2.34. The van der Waals surface area contributed by atoms with Gasteiger partial charge >= 0.3 is 0 Å². The van der Waals surface area contributed by atoms with Crippen molar-refractivity contribution < 1.29 is 0 Å². The Morgan fingerprint density at radius 1 is 1.20 bits per heavy atom. The average Bonchev–Trinajstić information content (AvgIpc) is 2.60. The van der Waals surface area contributed by atoms with Crippen LogP contribution in [-0.2, 0) is 6.54 Å². The second-order valence-electron chi connectivity index (χ2n) is 4.95. The van der Waals surface area contributed by atoms with Crippen LogP contribution in [0.1, 0.15) is 45.7 Å². The molecule has 0 spiro atoms. The van der Waals surface area contributed by atoms with E-state index in [1.165, 1.54) is 18.1 Å². The molecule has 3 heteroatoms. The molecule has 3 nitrogen and oxygen atoms in total. The smallest absolute Gasteiger partial charge is 0.205 e. The first-order valence-corrected chi connectivity index (χ1v) is 5.93. The number of rotatable bonds is 2. The maximum Gasteiger partial charge on any atom is 0.205 e. The molecule has 1 aromatic heterocycles. The number of fused-ring (bicyclic) bond motifs is 1. The second kappa shape index (κ2) is 3.87. The first-order valence-electron chi connectivity index (χ1n) is 5.93. The van der Waals surface area contributed by atoms with E-state index in [4.69, 9.17) is 4.98 Å². The molecule has 2 rings (SSSR count). The number of aromatic nitrogens is 2. The minimum Gasteiger partial charge on any atom is -0.340 e. The van der Waals surface area contributed by atoms with Crippen LogP contribution in [0.3, 0.4) is 0 Å². The van der Waals surface area contributed by atoms with Crippen molar-refractivity contribution in [1.29, 1.82) is 0 Å². The van der Waals surface area contributed by atoms with E-state index in [-0.39, 0.29) is 0 Å². The van der Waals surface area contributed by atoms with Crippen molar-refractivity contribution in [2.45, 2.75) is 52.6 Å². The SMILES string of the molecule is CC(C)c1cn2c(n1)N(C(C)C)CCC2. The molecule has 0 radical (unpaired) electrons. The highest BCUT2D eigenvalue weighted by atomic mass is 15.3. The van der Waals surface area contributed by atoms with Gasteiger partial charge in [0.2, 0.25) is 5.95 Å². The zero-order valence-corrected chi connectivity index (χ0v) is 10.2. The fourth-order valence-electron chi connectivity index (χ4n) is 2.10. The van der Waals surface area contributed by atoms with Gasteiger partial charge in [0, 0.05) is 25.3 Å². The first kappa shape index (κ1) is 10.5. The number of aryl methyl sites for hydroxylation is 1. The van der Waals surface area contributed by atoms with Crippen molar-refractivity contribution in [2.75, 3.05) is 11.4 Å². The van der Waals surface area contributed by atoms with Crippen LogP contribution in [0.4, 0.5) is 5.95 Å². The molecular weight excluding hydrogens is 186 g/mol. The van der Waals surface area contributed by atoms with E-state index in [9.17, 15) is 0 Å². The summed E-state index contributed by atoms with van der Waals surface area (Å²) in [5.74, 6) is 1.69. The van der Waals surface area contributed by atoms with Gasteiger partial charge in [-0.1, -0.05) is 13.8 Å². The standard InChI is InChI=1S/C12H21N3/c1-9(2)11-8-14-6-5-7-15(10(3)4)12(14)13-11/h8-10H,5-7H2,1-4H3. The topological polar surface area (TPSA) is 21.1 Å². The van der Waals surface area contributed by atoms with Gasteiger partial charge in [-0.3, -0.25) is 0 Å². The number of hydrogen-bond donors (Lipinski definition) is 0. The molecule has 2 heterocycles. The highest BCUT2D eigenvalue weighted by molar-refractivity contribution is 5.37. The van der Waals surface area contributed by atoms with E-state index in [0.29, 0.717) is 12.0 Å². The lowest BCUT2D eigenvalue weighted by molar-refractivity contribution is 0.525. The van der Waals surface area contributed by atoms with Gasteiger partial charge in [0.1, 0.15) is 0 Å². The fraction of sp³-hybridized carbons (Fsp3) is 0.750. The number of nitrogens with zero attached hydrogens (tertiary/aromatic N) is 3. The Labute approximate surface area is 92.1 Å². The summed E-state index contributed by atoms with van der Waals surface area (Å²) in [6.45, 7) is 11.1. The predicted octanol–water partition coefficient (Wildman–Crippen LogP) is 2.63. The average molecular weight is 207 g/mol. The number of anilines is 1. The Bertz CT molecular complexity index is 339. The molecule has 0 saturated carbocycles. The van der Waals surface area contributed by atoms with E-state index < -0.39 is 0 Å². The van der Waals surface area contributed by atoms with Gasteiger partial charge in [-0.05, 0) is 26.2 Å². The predicted molar refractivity (Wildman–Crippen MR) is 63.4 cm³/mol. The van der Waals surface area contributed by atoms with Crippen LogP contribution >= 0.6 is 0 Å². The Morgan fingerprint density at radius 2 is 1.93 bits per heavy atom. The van der Waals surface area contributed by atoms with Crippen LogP contribution in [-0.4, -0.2) is 22.1 Å². The molecular formula is C12H21N3. The molecule has 0 atom stereocenters. The molecule has 0 aliphatic carbocycles. The zero-order chi connectivity index (χ0) is 11.0. The van der Waals surface area contributed by atoms with Gasteiger partial charge in [0.05, 0.1) is 5.69 Å². The van der Waals surface area contributed by atoms with Crippen LogP contribution in [0.5, 0.6) is 0 Å². The Kier molecular flexibility index (Phi) is 2.72. The molecule has 0 bridgehead atoms. The van der Waals surface area contributed by atoms with E-state index in [1.807, 2.05) is 0 Å². The number of hydrogen-bond acceptors (Lipinski definition) is 2. The van der Waals surface area contributed by atoms with Crippen LogP contribution in [0.15, 0.2) is 6.20 Å². The van der Waals surface area contributed by atoms with Crippen LogP contribution in [0.25, 0.3) is 0 Å². The molecule has 0 saturated heterocycles. The van der Waals surface area contributed by atoms with Crippen molar-refractivity contribution in [2.24, 2.45) is 0 Å². The van der Waals surface area contributed by atoms with Crippen molar-refractivity contribution in [1.82, 2.24) is 9.55 Å². The van der Waals surface area contributed by atoms with E-state index in [0.717, 1.165) is 13.1 Å². The molecule has 84 valence electrons. The lowest BCUT2D eigenvalue weighted by Gasteiger charge is -2.32. The first-order chi connectivity index (χ1) is 7.09. The van der Waals surface area contributed by atoms with Crippen LogP contribution < -0.4 is 4.90 Å². The Morgan fingerprint density at radius 3 is 2.53 bits per heavy atom. The molecule has 0 amide bonds. The van der Waals surface area contributed by atoms with Crippen LogP contribution in [0, 0.1) is 0 Å². The summed E-state index contributed by atoms with van der Waals surface area (Å²) in [6.07, 6.45) is 3.45. The maximum absolute atomic E-state index is 4.74. The normalized spacial score (nSPS) is 16.3. The van der Waals surface area contributed by atoms with Gasteiger partial charge in [-0.2, -0.15) is 0 Å². The minimum absolute atomic E-state index is 0.525. The third-order valence-electron chi connectivity index (χ3n) is 3.04. The Hall–Kier alpha value is -0.990. The summed E-state index contributed by atoms with van der Waals surface area (Å²) in [5, 5.41) is 0. The minimum atomic E-state index is 0.525. The zero-order valence-electron chi connectivity index (χ0n) is 10.2. The van der Waals surface area contributed by atoms with Gasteiger partial charge in [-0.25, -0.2) is 4.98 Å². The van der Waals surface area contributed by atoms with Crippen molar-refractivity contribution >= 4 is 5.95 Å². The summed E-state index contributed by atoms with van der Waals surface area (Å²) >= 11 is 0. The molecule has 1 aliphatic rings. The summed E-state index contributed by atoms with van der Waals surface area (Å²) in [5.41, 5.74) is 1.22. The fourth-order valence-corrected chi connectivity index (χ4v) is 2.10. The lowest BCUT2D eigenvalue weighted by atomic mass is 10.2. The van der Waals surface area contributed by atoms with Gasteiger partial charge in [0.25, 0.3) is 0 Å². The second-order valence-corrected chi connectivity index (χ2v) is 4.95. The highest BCUT2D eigenvalue weighted by Gasteiger charge is 2.22. The van der Waals surface area contributed by atoms with Crippen molar-refractivity contribution in [3.8, 4) is 0 Å². The van der Waals surface area contributed by atoms with Crippen molar-refractivity contribution in [3.05, 3.63) is 11.9 Å². The van der Waals surface area contributed by atoms with Gasteiger partial charge < -0.3 is 9.47 Å². The molecule has 0 aromatic carbocycles. The number of imidazole rings is 1.